The number of aryl methyl sites for hydroxylation is 1. The summed E-state index contributed by atoms with van der Waals surface area (Å²) in [7, 11) is 1.69. The van der Waals surface area contributed by atoms with Gasteiger partial charge >= 0.3 is 0 Å². The minimum Gasteiger partial charge on any atom is -0.497 e. The van der Waals surface area contributed by atoms with E-state index >= 15 is 0 Å². The molecule has 2 N–H and O–H groups in total. The molecule has 0 atom stereocenters. The number of carbonyl (C=O) groups is 1. The van der Waals surface area contributed by atoms with Crippen molar-refractivity contribution in [3.8, 4) is 5.75 Å². The van der Waals surface area contributed by atoms with Crippen LogP contribution < -0.4 is 10.5 Å². The molecule has 2 aromatic rings. The molecule has 2 aromatic carbocycles. The molecule has 0 aliphatic carbocycles. The highest BCUT2D eigenvalue weighted by atomic mass is 16.5. The minimum atomic E-state index is 0.246. The number of ether oxygens (including phenoxy) is 1. The molecular formula is C22H28N2O2. The molecule has 1 amide bonds. The fraction of sp³-hybridized carbons (Fsp3) is 0.409. The Bertz CT molecular complexity index is 719. The Kier molecular flexibility index (Phi) is 6.16. The maximum absolute atomic E-state index is 12.5. The van der Waals surface area contributed by atoms with E-state index in [2.05, 4.69) is 12.1 Å². The van der Waals surface area contributed by atoms with Gasteiger partial charge in [-0.15, -0.1) is 0 Å². The summed E-state index contributed by atoms with van der Waals surface area (Å²) in [5, 5.41) is 0. The smallest absolute Gasteiger partial charge is 0.222 e. The molecule has 26 heavy (non-hydrogen) atoms. The van der Waals surface area contributed by atoms with Crippen LogP contribution in [0.5, 0.6) is 5.75 Å². The quantitative estimate of drug-likeness (QED) is 0.807. The number of nitrogens with zero attached hydrogens (tertiary/aromatic N) is 1. The first-order chi connectivity index (χ1) is 12.7. The number of hydrogen-bond acceptors (Lipinski definition) is 3. The Balaban J connectivity index is 1.44. The van der Waals surface area contributed by atoms with Gasteiger partial charge < -0.3 is 15.4 Å². The van der Waals surface area contributed by atoms with Crippen molar-refractivity contribution in [2.45, 2.75) is 32.1 Å². The maximum Gasteiger partial charge on any atom is 0.222 e. The number of carbonyl (C=O) groups excluding carboxylic acids is 1. The van der Waals surface area contributed by atoms with Crippen LogP contribution in [-0.2, 0) is 17.6 Å². The van der Waals surface area contributed by atoms with Gasteiger partial charge in [0, 0.05) is 25.2 Å². The third-order valence-electron chi connectivity index (χ3n) is 5.31. The standard InChI is InChI=1S/C22H28N2O2/c1-26-20-9-6-17(7-10-20)16-18-12-14-24(15-13-18)22(25)11-8-19-4-2-3-5-21(19)23/h2-7,9-10,18H,8,11-16,23H2,1H3. The largest absolute Gasteiger partial charge is 0.497 e. The Labute approximate surface area is 156 Å². The van der Waals surface area contributed by atoms with Crippen molar-refractivity contribution >= 4 is 11.6 Å². The first-order valence-electron chi connectivity index (χ1n) is 9.40. The summed E-state index contributed by atoms with van der Waals surface area (Å²) in [6.45, 7) is 1.73. The molecule has 0 saturated carbocycles. The predicted molar refractivity (Wildman–Crippen MR) is 105 cm³/mol. The highest BCUT2D eigenvalue weighted by Gasteiger charge is 2.22. The topological polar surface area (TPSA) is 55.6 Å². The zero-order chi connectivity index (χ0) is 18.4. The molecule has 1 aliphatic rings. The van der Waals surface area contributed by atoms with E-state index < -0.39 is 0 Å². The number of nitrogen functional groups attached to an aromatic ring is 1. The molecule has 138 valence electrons. The van der Waals surface area contributed by atoms with Crippen LogP contribution in [0.2, 0.25) is 0 Å². The van der Waals surface area contributed by atoms with Crippen LogP contribution in [0.15, 0.2) is 48.5 Å². The van der Waals surface area contributed by atoms with Gasteiger partial charge in [0.05, 0.1) is 7.11 Å². The molecule has 4 nitrogen and oxygen atoms in total. The van der Waals surface area contributed by atoms with E-state index in [0.717, 1.165) is 55.8 Å². The summed E-state index contributed by atoms with van der Waals surface area (Å²) in [6.07, 6.45) is 4.48. The highest BCUT2D eigenvalue weighted by Crippen LogP contribution is 2.24. The Hall–Kier alpha value is -2.49. The molecule has 1 saturated heterocycles. The third kappa shape index (κ3) is 4.78. The molecule has 1 fully saturated rings. The number of piperidine rings is 1. The van der Waals surface area contributed by atoms with Gasteiger partial charge in [-0.05, 0) is 60.9 Å². The van der Waals surface area contributed by atoms with Crippen LogP contribution in [0, 0.1) is 5.92 Å². The van der Waals surface area contributed by atoms with E-state index in [1.54, 1.807) is 7.11 Å². The van der Waals surface area contributed by atoms with E-state index in [1.165, 1.54) is 5.56 Å². The average molecular weight is 352 g/mol. The number of likely N-dealkylation sites (tertiary alicyclic amines) is 1. The van der Waals surface area contributed by atoms with Gasteiger partial charge in [-0.1, -0.05) is 30.3 Å². The highest BCUT2D eigenvalue weighted by molar-refractivity contribution is 5.76. The lowest BCUT2D eigenvalue weighted by molar-refractivity contribution is -0.132. The number of benzene rings is 2. The second kappa shape index (κ2) is 8.75. The zero-order valence-corrected chi connectivity index (χ0v) is 15.5. The summed E-state index contributed by atoms with van der Waals surface area (Å²) >= 11 is 0. The van der Waals surface area contributed by atoms with Crippen molar-refractivity contribution in [3.63, 3.8) is 0 Å². The van der Waals surface area contributed by atoms with Crippen LogP contribution in [0.4, 0.5) is 5.69 Å². The molecule has 0 unspecified atom stereocenters. The van der Waals surface area contributed by atoms with Crippen molar-refractivity contribution < 1.29 is 9.53 Å². The second-order valence-corrected chi connectivity index (χ2v) is 7.08. The fourth-order valence-electron chi connectivity index (χ4n) is 3.64. The van der Waals surface area contributed by atoms with Crippen molar-refractivity contribution in [3.05, 3.63) is 59.7 Å². The number of hydrogen-bond donors (Lipinski definition) is 1. The van der Waals surface area contributed by atoms with Gasteiger partial charge in [0.1, 0.15) is 5.75 Å². The van der Waals surface area contributed by atoms with E-state index in [1.807, 2.05) is 41.3 Å². The van der Waals surface area contributed by atoms with Gasteiger partial charge in [-0.2, -0.15) is 0 Å². The van der Waals surface area contributed by atoms with Gasteiger partial charge in [0.25, 0.3) is 0 Å². The van der Waals surface area contributed by atoms with Crippen LogP contribution >= 0.6 is 0 Å². The van der Waals surface area contributed by atoms with Gasteiger partial charge in [-0.3, -0.25) is 4.79 Å². The molecule has 1 aliphatic heterocycles. The Morgan fingerprint density at radius 3 is 2.46 bits per heavy atom. The van der Waals surface area contributed by atoms with E-state index in [9.17, 15) is 4.79 Å². The lowest BCUT2D eigenvalue weighted by atomic mass is 9.90. The third-order valence-corrected chi connectivity index (χ3v) is 5.31. The number of amides is 1. The predicted octanol–water partition coefficient (Wildman–Crippen LogP) is 3.69. The summed E-state index contributed by atoms with van der Waals surface area (Å²) < 4.78 is 5.21. The lowest BCUT2D eigenvalue weighted by Crippen LogP contribution is -2.39. The molecule has 3 rings (SSSR count). The number of anilines is 1. The summed E-state index contributed by atoms with van der Waals surface area (Å²) in [5.41, 5.74) is 9.15. The normalized spacial score (nSPS) is 15.0. The van der Waals surface area contributed by atoms with Gasteiger partial charge in [0.2, 0.25) is 5.91 Å². The molecular weight excluding hydrogens is 324 g/mol. The number of nitrogens with two attached hydrogens (primary N) is 1. The second-order valence-electron chi connectivity index (χ2n) is 7.08. The maximum atomic E-state index is 12.5. The Morgan fingerprint density at radius 2 is 1.81 bits per heavy atom. The van der Waals surface area contributed by atoms with Crippen LogP contribution in [0.25, 0.3) is 0 Å². The monoisotopic (exact) mass is 352 g/mol. The van der Waals surface area contributed by atoms with Crippen molar-refractivity contribution in [2.24, 2.45) is 5.92 Å². The molecule has 0 aromatic heterocycles. The number of rotatable bonds is 6. The Morgan fingerprint density at radius 1 is 1.12 bits per heavy atom. The number of para-hydroxylation sites is 1. The summed E-state index contributed by atoms with van der Waals surface area (Å²) in [4.78, 5) is 14.5. The van der Waals surface area contributed by atoms with Crippen molar-refractivity contribution in [2.75, 3.05) is 25.9 Å². The molecule has 4 heteroatoms. The molecule has 0 bridgehead atoms. The summed E-state index contributed by atoms with van der Waals surface area (Å²) in [5.74, 6) is 1.79. The van der Waals surface area contributed by atoms with Crippen LogP contribution in [0.3, 0.4) is 0 Å². The van der Waals surface area contributed by atoms with Crippen molar-refractivity contribution in [1.29, 1.82) is 0 Å². The SMILES string of the molecule is COc1ccc(CC2CCN(C(=O)CCc3ccccc3N)CC2)cc1. The van der Waals surface area contributed by atoms with Crippen molar-refractivity contribution in [1.82, 2.24) is 4.90 Å². The van der Waals surface area contributed by atoms with Gasteiger partial charge in [0.15, 0.2) is 0 Å². The molecule has 0 radical (unpaired) electrons. The zero-order valence-electron chi connectivity index (χ0n) is 15.5. The first-order valence-corrected chi connectivity index (χ1v) is 9.40. The minimum absolute atomic E-state index is 0.246. The van der Waals surface area contributed by atoms with E-state index in [4.69, 9.17) is 10.5 Å². The van der Waals surface area contributed by atoms with Crippen LogP contribution in [0.1, 0.15) is 30.4 Å². The lowest BCUT2D eigenvalue weighted by Gasteiger charge is -2.32. The van der Waals surface area contributed by atoms with Crippen LogP contribution in [-0.4, -0.2) is 31.0 Å². The van der Waals surface area contributed by atoms with E-state index in [-0.39, 0.29) is 5.91 Å². The summed E-state index contributed by atoms with van der Waals surface area (Å²) in [6, 6.07) is 16.1. The fourth-order valence-corrected chi connectivity index (χ4v) is 3.64. The average Bonchev–Trinajstić information content (AvgIpc) is 2.68. The number of methoxy groups -OCH3 is 1. The van der Waals surface area contributed by atoms with E-state index in [0.29, 0.717) is 12.3 Å². The van der Waals surface area contributed by atoms with Gasteiger partial charge in [-0.25, -0.2) is 0 Å². The molecule has 1 heterocycles. The first kappa shape index (κ1) is 18.3. The molecule has 0 spiro atoms.